The molecule has 8 heteroatoms. The summed E-state index contributed by atoms with van der Waals surface area (Å²) in [6.07, 6.45) is 3.49. The van der Waals surface area contributed by atoms with E-state index in [-0.39, 0.29) is 0 Å². The molecule has 2 aromatic rings. The quantitative estimate of drug-likeness (QED) is 0.823. The molecular weight excluding hydrogens is 326 g/mol. The molecule has 2 N–H and O–H groups in total. The molecule has 1 saturated heterocycles. The van der Waals surface area contributed by atoms with Gasteiger partial charge in [0.2, 0.25) is 0 Å². The molecule has 0 unspecified atom stereocenters. The fourth-order valence-corrected chi connectivity index (χ4v) is 3.23. The van der Waals surface area contributed by atoms with E-state index < -0.39 is 0 Å². The van der Waals surface area contributed by atoms with Crippen LogP contribution in [-0.4, -0.2) is 46.1 Å². The molecule has 2 aromatic heterocycles. The van der Waals surface area contributed by atoms with Gasteiger partial charge in [-0.1, -0.05) is 11.6 Å². The standard InChI is InChI=1S/C16H22ClN7/c1-10-8-13(22-11(2)21-10)24-6-4-12(5-7-24)23-16-14(18-3)15(17)19-9-20-16/h8-9,12,18H,4-7H2,1-3H3,(H,19,20,23). The number of halogens is 1. The van der Waals surface area contributed by atoms with Crippen LogP contribution in [-0.2, 0) is 0 Å². The Hall–Kier alpha value is -2.15. The van der Waals surface area contributed by atoms with E-state index >= 15 is 0 Å². The van der Waals surface area contributed by atoms with Crippen LogP contribution in [0, 0.1) is 13.8 Å². The van der Waals surface area contributed by atoms with Crippen molar-refractivity contribution in [2.45, 2.75) is 32.7 Å². The Morgan fingerprint density at radius 1 is 1.17 bits per heavy atom. The van der Waals surface area contributed by atoms with Crippen LogP contribution in [0.5, 0.6) is 0 Å². The Morgan fingerprint density at radius 2 is 1.92 bits per heavy atom. The van der Waals surface area contributed by atoms with E-state index in [0.29, 0.717) is 11.2 Å². The van der Waals surface area contributed by atoms with Gasteiger partial charge >= 0.3 is 0 Å². The van der Waals surface area contributed by atoms with Gasteiger partial charge in [-0.25, -0.2) is 19.9 Å². The van der Waals surface area contributed by atoms with Gasteiger partial charge in [0.05, 0.1) is 0 Å². The van der Waals surface area contributed by atoms with Crippen molar-refractivity contribution < 1.29 is 0 Å². The summed E-state index contributed by atoms with van der Waals surface area (Å²) in [5.41, 5.74) is 1.75. The SMILES string of the molecule is CNc1c(Cl)ncnc1NC1CCN(c2cc(C)nc(C)n2)CC1. The molecule has 0 aromatic carbocycles. The first-order valence-electron chi connectivity index (χ1n) is 8.09. The summed E-state index contributed by atoms with van der Waals surface area (Å²) in [5.74, 6) is 2.59. The van der Waals surface area contributed by atoms with Crippen LogP contribution < -0.4 is 15.5 Å². The molecule has 0 spiro atoms. The predicted octanol–water partition coefficient (Wildman–Crippen LogP) is 2.66. The van der Waals surface area contributed by atoms with Gasteiger partial charge in [0, 0.05) is 37.9 Å². The van der Waals surface area contributed by atoms with Gasteiger partial charge in [-0.2, -0.15) is 0 Å². The maximum absolute atomic E-state index is 6.10. The number of piperidine rings is 1. The first-order valence-corrected chi connectivity index (χ1v) is 8.46. The lowest BCUT2D eigenvalue weighted by atomic mass is 10.0. The summed E-state index contributed by atoms with van der Waals surface area (Å²) in [4.78, 5) is 19.5. The molecule has 24 heavy (non-hydrogen) atoms. The highest BCUT2D eigenvalue weighted by molar-refractivity contribution is 6.32. The Labute approximate surface area is 146 Å². The zero-order chi connectivity index (χ0) is 17.1. The molecule has 0 bridgehead atoms. The third-order valence-electron chi connectivity index (χ3n) is 4.16. The lowest BCUT2D eigenvalue weighted by molar-refractivity contribution is 0.521. The second-order valence-electron chi connectivity index (χ2n) is 5.96. The first kappa shape index (κ1) is 16.7. The molecule has 128 valence electrons. The fourth-order valence-electron chi connectivity index (χ4n) is 3.00. The number of aryl methyl sites for hydroxylation is 2. The van der Waals surface area contributed by atoms with Crippen molar-refractivity contribution in [3.05, 3.63) is 29.1 Å². The number of anilines is 3. The largest absolute Gasteiger partial charge is 0.383 e. The van der Waals surface area contributed by atoms with Crippen LogP contribution in [0.3, 0.4) is 0 Å². The number of hydrogen-bond acceptors (Lipinski definition) is 7. The molecular formula is C16H22ClN7. The van der Waals surface area contributed by atoms with Crippen molar-refractivity contribution in [2.75, 3.05) is 35.7 Å². The van der Waals surface area contributed by atoms with Crippen molar-refractivity contribution in [1.29, 1.82) is 0 Å². The van der Waals surface area contributed by atoms with Crippen LogP contribution in [0.25, 0.3) is 0 Å². The summed E-state index contributed by atoms with van der Waals surface area (Å²) in [6, 6.07) is 2.40. The van der Waals surface area contributed by atoms with Crippen LogP contribution in [0.15, 0.2) is 12.4 Å². The molecule has 1 fully saturated rings. The minimum Gasteiger partial charge on any atom is -0.383 e. The third-order valence-corrected chi connectivity index (χ3v) is 4.45. The smallest absolute Gasteiger partial charge is 0.157 e. The number of rotatable bonds is 4. The molecule has 0 radical (unpaired) electrons. The van der Waals surface area contributed by atoms with E-state index in [1.54, 1.807) is 0 Å². The van der Waals surface area contributed by atoms with E-state index in [1.165, 1.54) is 6.33 Å². The molecule has 7 nitrogen and oxygen atoms in total. The molecule has 0 amide bonds. The molecule has 0 aliphatic carbocycles. The number of hydrogen-bond donors (Lipinski definition) is 2. The van der Waals surface area contributed by atoms with Crippen molar-refractivity contribution >= 4 is 28.9 Å². The minimum atomic E-state index is 0.350. The highest BCUT2D eigenvalue weighted by Gasteiger charge is 2.22. The maximum atomic E-state index is 6.10. The molecule has 1 aliphatic heterocycles. The van der Waals surface area contributed by atoms with Gasteiger partial charge in [0.15, 0.2) is 11.0 Å². The second kappa shape index (κ2) is 7.17. The summed E-state index contributed by atoms with van der Waals surface area (Å²) < 4.78 is 0. The van der Waals surface area contributed by atoms with Gasteiger partial charge in [0.25, 0.3) is 0 Å². The van der Waals surface area contributed by atoms with Crippen LogP contribution in [0.2, 0.25) is 5.15 Å². The van der Waals surface area contributed by atoms with E-state index in [2.05, 4.69) is 35.5 Å². The van der Waals surface area contributed by atoms with E-state index in [4.69, 9.17) is 11.6 Å². The summed E-state index contributed by atoms with van der Waals surface area (Å²) in [6.45, 7) is 5.83. The van der Waals surface area contributed by atoms with Crippen molar-refractivity contribution in [1.82, 2.24) is 19.9 Å². The maximum Gasteiger partial charge on any atom is 0.157 e. The fraction of sp³-hybridized carbons (Fsp3) is 0.500. The lowest BCUT2D eigenvalue weighted by Gasteiger charge is -2.33. The predicted molar refractivity (Wildman–Crippen MR) is 97.0 cm³/mol. The van der Waals surface area contributed by atoms with Crippen LogP contribution >= 0.6 is 11.6 Å². The van der Waals surface area contributed by atoms with Crippen LogP contribution in [0.1, 0.15) is 24.4 Å². The molecule has 0 saturated carbocycles. The summed E-state index contributed by atoms with van der Waals surface area (Å²) >= 11 is 6.10. The van der Waals surface area contributed by atoms with E-state index in [1.807, 2.05) is 27.0 Å². The molecule has 1 aliphatic rings. The zero-order valence-electron chi connectivity index (χ0n) is 14.2. The van der Waals surface area contributed by atoms with Gasteiger partial charge in [-0.05, 0) is 26.7 Å². The van der Waals surface area contributed by atoms with Gasteiger partial charge < -0.3 is 15.5 Å². The summed E-state index contributed by atoms with van der Waals surface area (Å²) in [5, 5.41) is 6.96. The Morgan fingerprint density at radius 3 is 2.58 bits per heavy atom. The normalized spacial score (nSPS) is 15.4. The monoisotopic (exact) mass is 347 g/mol. The van der Waals surface area contributed by atoms with Crippen molar-refractivity contribution in [2.24, 2.45) is 0 Å². The molecule has 3 heterocycles. The molecule has 3 rings (SSSR count). The highest BCUT2D eigenvalue weighted by atomic mass is 35.5. The summed E-state index contributed by atoms with van der Waals surface area (Å²) in [7, 11) is 1.82. The third kappa shape index (κ3) is 3.67. The Kier molecular flexibility index (Phi) is 4.99. The first-order chi connectivity index (χ1) is 11.6. The van der Waals surface area contributed by atoms with E-state index in [0.717, 1.165) is 54.8 Å². The highest BCUT2D eigenvalue weighted by Crippen LogP contribution is 2.28. The average Bonchev–Trinajstić information content (AvgIpc) is 2.55. The van der Waals surface area contributed by atoms with Crippen molar-refractivity contribution in [3.8, 4) is 0 Å². The zero-order valence-corrected chi connectivity index (χ0v) is 14.9. The lowest BCUT2D eigenvalue weighted by Crippen LogP contribution is -2.40. The number of nitrogens with zero attached hydrogens (tertiary/aromatic N) is 5. The van der Waals surface area contributed by atoms with Gasteiger partial charge in [-0.3, -0.25) is 0 Å². The average molecular weight is 348 g/mol. The van der Waals surface area contributed by atoms with Crippen molar-refractivity contribution in [3.63, 3.8) is 0 Å². The molecule has 0 atom stereocenters. The topological polar surface area (TPSA) is 78.9 Å². The van der Waals surface area contributed by atoms with Gasteiger partial charge in [0.1, 0.15) is 23.7 Å². The number of aromatic nitrogens is 4. The second-order valence-corrected chi connectivity index (χ2v) is 6.32. The number of nitrogens with one attached hydrogen (secondary N) is 2. The Balaban J connectivity index is 1.64. The Bertz CT molecular complexity index is 693. The van der Waals surface area contributed by atoms with E-state index in [9.17, 15) is 0 Å². The van der Waals surface area contributed by atoms with Crippen LogP contribution in [0.4, 0.5) is 17.3 Å². The minimum absolute atomic E-state index is 0.350. The van der Waals surface area contributed by atoms with Gasteiger partial charge in [-0.15, -0.1) is 0 Å².